The fraction of sp³-hybridized carbons (Fsp3) is 0.238. The molecule has 29 heavy (non-hydrogen) atoms. The van der Waals surface area contributed by atoms with Crippen LogP contribution in [0.2, 0.25) is 0 Å². The summed E-state index contributed by atoms with van der Waals surface area (Å²) < 4.78 is 35.9. The Labute approximate surface area is 167 Å². The lowest BCUT2D eigenvalue weighted by molar-refractivity contribution is -0.116. The van der Waals surface area contributed by atoms with Crippen molar-refractivity contribution in [3.63, 3.8) is 0 Å². The second-order valence-corrected chi connectivity index (χ2v) is 8.45. The standard InChI is InChI=1S/C21H19NO6S/c1-2-3-13-11-21(24)27-19-12-15(5-7-17(13)19)28-29(25,26)16-6-8-18-14(10-16)4-9-20(23)22-18/h5-8,10-12H,2-4,9H2,1H3,(H,22,23). The van der Waals surface area contributed by atoms with Gasteiger partial charge in [-0.15, -0.1) is 0 Å². The summed E-state index contributed by atoms with van der Waals surface area (Å²) in [5, 5.41) is 3.46. The van der Waals surface area contributed by atoms with E-state index in [4.69, 9.17) is 8.60 Å². The molecule has 0 aliphatic carbocycles. The maximum Gasteiger partial charge on any atom is 0.339 e. The van der Waals surface area contributed by atoms with Gasteiger partial charge in [0.2, 0.25) is 5.91 Å². The van der Waals surface area contributed by atoms with Gasteiger partial charge >= 0.3 is 15.7 Å². The number of amides is 1. The van der Waals surface area contributed by atoms with Gasteiger partial charge in [0.05, 0.1) is 0 Å². The maximum atomic E-state index is 12.7. The molecule has 0 spiro atoms. The highest BCUT2D eigenvalue weighted by atomic mass is 32.2. The van der Waals surface area contributed by atoms with E-state index in [1.807, 2.05) is 6.92 Å². The molecule has 1 amide bonds. The van der Waals surface area contributed by atoms with Crippen LogP contribution in [0.3, 0.4) is 0 Å². The average Bonchev–Trinajstić information content (AvgIpc) is 2.67. The van der Waals surface area contributed by atoms with Gasteiger partial charge in [-0.25, -0.2) is 4.79 Å². The van der Waals surface area contributed by atoms with Crippen molar-refractivity contribution in [3.8, 4) is 5.75 Å². The van der Waals surface area contributed by atoms with Crippen LogP contribution in [-0.4, -0.2) is 14.3 Å². The number of nitrogens with one attached hydrogen (secondary N) is 1. The molecular formula is C21H19NO6S. The molecule has 0 unspecified atom stereocenters. The molecule has 0 atom stereocenters. The summed E-state index contributed by atoms with van der Waals surface area (Å²) in [5.41, 5.74) is 1.99. The summed E-state index contributed by atoms with van der Waals surface area (Å²) in [6.45, 7) is 2.01. The van der Waals surface area contributed by atoms with Crippen molar-refractivity contribution >= 4 is 32.7 Å². The zero-order valence-corrected chi connectivity index (χ0v) is 16.5. The smallest absolute Gasteiger partial charge is 0.339 e. The first-order valence-corrected chi connectivity index (χ1v) is 10.7. The Balaban J connectivity index is 1.67. The van der Waals surface area contributed by atoms with Gasteiger partial charge in [-0.1, -0.05) is 13.3 Å². The molecule has 1 aliphatic heterocycles. The monoisotopic (exact) mass is 413 g/mol. The Morgan fingerprint density at radius 2 is 1.90 bits per heavy atom. The van der Waals surface area contributed by atoms with E-state index in [0.29, 0.717) is 24.9 Å². The number of hydrogen-bond acceptors (Lipinski definition) is 6. The van der Waals surface area contributed by atoms with Crippen LogP contribution in [0.5, 0.6) is 5.75 Å². The molecule has 0 bridgehead atoms. The summed E-state index contributed by atoms with van der Waals surface area (Å²) in [4.78, 5) is 23.3. The Morgan fingerprint density at radius 3 is 2.69 bits per heavy atom. The molecule has 8 heteroatoms. The van der Waals surface area contributed by atoms with Gasteiger partial charge in [-0.05, 0) is 54.3 Å². The zero-order chi connectivity index (χ0) is 20.6. The molecule has 0 saturated carbocycles. The molecule has 0 saturated heterocycles. The van der Waals surface area contributed by atoms with Gasteiger partial charge in [0.15, 0.2) is 0 Å². The number of aryl methyl sites for hydroxylation is 2. The zero-order valence-electron chi connectivity index (χ0n) is 15.7. The van der Waals surface area contributed by atoms with Crippen LogP contribution in [0.4, 0.5) is 5.69 Å². The number of benzene rings is 2. The Hall–Kier alpha value is -3.13. The molecule has 150 valence electrons. The third-order valence-corrected chi connectivity index (χ3v) is 6.03. The van der Waals surface area contributed by atoms with E-state index in [2.05, 4.69) is 5.32 Å². The lowest BCUT2D eigenvalue weighted by Gasteiger charge is -2.17. The number of anilines is 1. The predicted octanol–water partition coefficient (Wildman–Crippen LogP) is 3.40. The summed E-state index contributed by atoms with van der Waals surface area (Å²) in [5.74, 6) is -0.0372. The molecule has 2 aromatic carbocycles. The molecule has 1 N–H and O–H groups in total. The first kappa shape index (κ1) is 19.2. The minimum absolute atomic E-state index is 0.00585. The predicted molar refractivity (Wildman–Crippen MR) is 108 cm³/mol. The second kappa shape index (κ2) is 7.36. The summed E-state index contributed by atoms with van der Waals surface area (Å²) >= 11 is 0. The number of rotatable bonds is 5. The van der Waals surface area contributed by atoms with E-state index in [1.54, 1.807) is 12.1 Å². The number of carbonyl (C=O) groups is 1. The van der Waals surface area contributed by atoms with E-state index in [0.717, 1.165) is 22.9 Å². The molecule has 1 aromatic heterocycles. The van der Waals surface area contributed by atoms with E-state index in [9.17, 15) is 18.0 Å². The van der Waals surface area contributed by atoms with Crippen molar-refractivity contribution in [3.05, 3.63) is 64.0 Å². The molecule has 1 aliphatic rings. The highest BCUT2D eigenvalue weighted by Gasteiger charge is 2.22. The topological polar surface area (TPSA) is 103 Å². The van der Waals surface area contributed by atoms with Crippen LogP contribution in [0.1, 0.15) is 30.9 Å². The van der Waals surface area contributed by atoms with E-state index in [1.165, 1.54) is 30.3 Å². The van der Waals surface area contributed by atoms with Gasteiger partial charge in [0.25, 0.3) is 0 Å². The molecule has 3 aromatic rings. The normalized spacial score (nSPS) is 13.8. The van der Waals surface area contributed by atoms with Gasteiger partial charge < -0.3 is 13.9 Å². The van der Waals surface area contributed by atoms with Gasteiger partial charge in [0, 0.05) is 29.6 Å². The quantitative estimate of drug-likeness (QED) is 0.508. The summed E-state index contributed by atoms with van der Waals surface area (Å²) in [6.07, 6.45) is 2.35. The third-order valence-electron chi connectivity index (χ3n) is 4.79. The van der Waals surface area contributed by atoms with Crippen molar-refractivity contribution < 1.29 is 21.8 Å². The van der Waals surface area contributed by atoms with Gasteiger partial charge in [-0.3, -0.25) is 4.79 Å². The van der Waals surface area contributed by atoms with Crippen molar-refractivity contribution in [1.82, 2.24) is 0 Å². The SMILES string of the molecule is CCCc1cc(=O)oc2cc(OS(=O)(=O)c3ccc4c(c3)CCC(=O)N4)ccc12. The Bertz CT molecular complexity index is 1280. The largest absolute Gasteiger partial charge is 0.423 e. The van der Waals surface area contributed by atoms with Crippen LogP contribution in [0.25, 0.3) is 11.0 Å². The maximum absolute atomic E-state index is 12.7. The second-order valence-electron chi connectivity index (χ2n) is 6.90. The average molecular weight is 413 g/mol. The fourth-order valence-electron chi connectivity index (χ4n) is 3.43. The number of hydrogen-bond donors (Lipinski definition) is 1. The fourth-order valence-corrected chi connectivity index (χ4v) is 4.40. The van der Waals surface area contributed by atoms with E-state index in [-0.39, 0.29) is 22.1 Å². The molecule has 7 nitrogen and oxygen atoms in total. The highest BCUT2D eigenvalue weighted by molar-refractivity contribution is 7.87. The van der Waals surface area contributed by atoms with E-state index >= 15 is 0 Å². The first-order chi connectivity index (χ1) is 13.9. The first-order valence-electron chi connectivity index (χ1n) is 9.30. The lowest BCUT2D eigenvalue weighted by atomic mass is 10.0. The highest BCUT2D eigenvalue weighted by Crippen LogP contribution is 2.29. The molecule has 0 fully saturated rings. The van der Waals surface area contributed by atoms with Crippen molar-refractivity contribution in [2.24, 2.45) is 0 Å². The molecular weight excluding hydrogens is 394 g/mol. The summed E-state index contributed by atoms with van der Waals surface area (Å²) in [7, 11) is -4.09. The van der Waals surface area contributed by atoms with Crippen LogP contribution in [-0.2, 0) is 27.8 Å². The summed E-state index contributed by atoms with van der Waals surface area (Å²) in [6, 6.07) is 10.5. The third kappa shape index (κ3) is 3.88. The minimum atomic E-state index is -4.09. The Kier molecular flexibility index (Phi) is 4.87. The van der Waals surface area contributed by atoms with Crippen LogP contribution in [0, 0.1) is 0 Å². The van der Waals surface area contributed by atoms with Crippen molar-refractivity contribution in [1.29, 1.82) is 0 Å². The van der Waals surface area contributed by atoms with E-state index < -0.39 is 15.7 Å². The molecule has 2 heterocycles. The lowest BCUT2D eigenvalue weighted by Crippen LogP contribution is -2.19. The van der Waals surface area contributed by atoms with Crippen LogP contribution in [0.15, 0.2) is 56.6 Å². The van der Waals surface area contributed by atoms with Crippen molar-refractivity contribution in [2.75, 3.05) is 5.32 Å². The Morgan fingerprint density at radius 1 is 1.07 bits per heavy atom. The van der Waals surface area contributed by atoms with Crippen LogP contribution >= 0.6 is 0 Å². The van der Waals surface area contributed by atoms with Crippen molar-refractivity contribution in [2.45, 2.75) is 37.5 Å². The molecule has 4 rings (SSSR count). The van der Waals surface area contributed by atoms with Gasteiger partial charge in [0.1, 0.15) is 16.2 Å². The number of carbonyl (C=O) groups excluding carboxylic acids is 1. The number of fused-ring (bicyclic) bond motifs is 2. The van der Waals surface area contributed by atoms with Crippen LogP contribution < -0.4 is 15.1 Å². The van der Waals surface area contributed by atoms with Gasteiger partial charge in [-0.2, -0.15) is 8.42 Å². The minimum Gasteiger partial charge on any atom is -0.423 e. The molecule has 0 radical (unpaired) electrons.